The minimum Gasteiger partial charge on any atom is -0.354 e. The first-order chi connectivity index (χ1) is 15.0. The molecule has 32 heavy (non-hydrogen) atoms. The van der Waals surface area contributed by atoms with Crippen molar-refractivity contribution in [3.8, 4) is 0 Å². The van der Waals surface area contributed by atoms with Crippen molar-refractivity contribution in [2.24, 2.45) is 5.92 Å². The van der Waals surface area contributed by atoms with Gasteiger partial charge < -0.3 is 10.2 Å². The van der Waals surface area contributed by atoms with Crippen molar-refractivity contribution in [1.82, 2.24) is 10.2 Å². The Morgan fingerprint density at radius 2 is 1.66 bits per heavy atom. The maximum absolute atomic E-state index is 13.3. The monoisotopic (exact) mass is 500 g/mol. The lowest BCUT2D eigenvalue weighted by molar-refractivity contribution is -0.140. The largest absolute Gasteiger partial charge is 0.354 e. The molecule has 0 fully saturated rings. The van der Waals surface area contributed by atoms with Gasteiger partial charge in [0, 0.05) is 24.0 Å². The van der Waals surface area contributed by atoms with Gasteiger partial charge in [-0.25, -0.2) is 0 Å². The molecule has 0 aliphatic rings. The van der Waals surface area contributed by atoms with Crippen LogP contribution >= 0.6 is 15.9 Å². The highest BCUT2D eigenvalue weighted by atomic mass is 79.9. The van der Waals surface area contributed by atoms with Crippen LogP contribution in [0.1, 0.15) is 64.7 Å². The number of aryl methyl sites for hydroxylation is 1. The molecule has 5 heteroatoms. The normalized spacial score (nSPS) is 12.5. The van der Waals surface area contributed by atoms with E-state index in [0.717, 1.165) is 15.6 Å². The Labute approximate surface area is 201 Å². The van der Waals surface area contributed by atoms with E-state index in [4.69, 9.17) is 0 Å². The first kappa shape index (κ1) is 26.1. The van der Waals surface area contributed by atoms with E-state index in [1.54, 1.807) is 4.90 Å². The summed E-state index contributed by atoms with van der Waals surface area (Å²) in [5.41, 5.74) is 3.50. The summed E-state index contributed by atoms with van der Waals surface area (Å²) in [5.74, 6) is 0.227. The number of nitrogens with zero attached hydrogens (tertiary/aromatic N) is 1. The predicted octanol–water partition coefficient (Wildman–Crippen LogP) is 5.87. The van der Waals surface area contributed by atoms with Gasteiger partial charge in [-0.1, -0.05) is 86.9 Å². The molecule has 0 spiro atoms. The van der Waals surface area contributed by atoms with Crippen molar-refractivity contribution < 1.29 is 9.59 Å². The highest BCUT2D eigenvalue weighted by Crippen LogP contribution is 2.23. The molecule has 0 heterocycles. The van der Waals surface area contributed by atoms with Crippen LogP contribution in [0.5, 0.6) is 0 Å². The molecule has 174 valence electrons. The SMILES string of the molecule is CC(C)CNC(=O)[C@H](C)N(Cc1cccc(Br)c1)C(=O)CCc1ccc(C(C)(C)C)cc1. The molecule has 0 saturated heterocycles. The Balaban J connectivity index is 2.12. The molecular formula is C27H37BrN2O2. The van der Waals surface area contributed by atoms with Gasteiger partial charge in [-0.15, -0.1) is 0 Å². The van der Waals surface area contributed by atoms with E-state index in [1.165, 1.54) is 5.56 Å². The minimum absolute atomic E-state index is 0.0166. The molecule has 0 saturated carbocycles. The third kappa shape index (κ3) is 8.09. The summed E-state index contributed by atoms with van der Waals surface area (Å²) in [6.45, 7) is 13.5. The van der Waals surface area contributed by atoms with Crippen molar-refractivity contribution in [3.63, 3.8) is 0 Å². The van der Waals surface area contributed by atoms with E-state index in [1.807, 2.05) is 31.2 Å². The maximum atomic E-state index is 13.3. The second kappa shape index (κ2) is 11.6. The number of nitrogens with one attached hydrogen (secondary N) is 1. The summed E-state index contributed by atoms with van der Waals surface area (Å²) in [7, 11) is 0. The molecule has 0 aliphatic heterocycles. The van der Waals surface area contributed by atoms with Crippen LogP contribution in [0.2, 0.25) is 0 Å². The van der Waals surface area contributed by atoms with Crippen LogP contribution in [0.4, 0.5) is 0 Å². The van der Waals surface area contributed by atoms with Crippen molar-refractivity contribution in [2.75, 3.05) is 6.54 Å². The number of benzene rings is 2. The molecule has 0 aliphatic carbocycles. The predicted molar refractivity (Wildman–Crippen MR) is 135 cm³/mol. The van der Waals surface area contributed by atoms with Crippen LogP contribution in [0, 0.1) is 5.92 Å². The van der Waals surface area contributed by atoms with Crippen molar-refractivity contribution in [3.05, 3.63) is 69.7 Å². The second-order valence-corrected chi connectivity index (χ2v) is 10.8. The second-order valence-electron chi connectivity index (χ2n) is 9.91. The lowest BCUT2D eigenvalue weighted by atomic mass is 9.86. The lowest BCUT2D eigenvalue weighted by Crippen LogP contribution is -2.48. The van der Waals surface area contributed by atoms with Crippen LogP contribution in [0.3, 0.4) is 0 Å². The topological polar surface area (TPSA) is 49.4 Å². The Bertz CT molecular complexity index is 901. The Morgan fingerprint density at radius 3 is 2.22 bits per heavy atom. The number of hydrogen-bond donors (Lipinski definition) is 1. The molecule has 0 unspecified atom stereocenters. The first-order valence-corrected chi connectivity index (χ1v) is 12.2. The van der Waals surface area contributed by atoms with Gasteiger partial charge in [-0.3, -0.25) is 9.59 Å². The molecule has 4 nitrogen and oxygen atoms in total. The van der Waals surface area contributed by atoms with Crippen molar-refractivity contribution >= 4 is 27.7 Å². The highest BCUT2D eigenvalue weighted by molar-refractivity contribution is 9.10. The van der Waals surface area contributed by atoms with Crippen LogP contribution < -0.4 is 5.32 Å². The summed E-state index contributed by atoms with van der Waals surface area (Å²) in [4.78, 5) is 27.7. The summed E-state index contributed by atoms with van der Waals surface area (Å²) in [6, 6.07) is 15.8. The van der Waals surface area contributed by atoms with Gasteiger partial charge in [-0.05, 0) is 53.5 Å². The van der Waals surface area contributed by atoms with E-state index >= 15 is 0 Å². The zero-order chi connectivity index (χ0) is 23.9. The Morgan fingerprint density at radius 1 is 1.00 bits per heavy atom. The summed E-state index contributed by atoms with van der Waals surface area (Å²) in [6.07, 6.45) is 1.02. The van der Waals surface area contributed by atoms with Gasteiger partial charge in [-0.2, -0.15) is 0 Å². The van der Waals surface area contributed by atoms with Gasteiger partial charge in [0.25, 0.3) is 0 Å². The van der Waals surface area contributed by atoms with Gasteiger partial charge in [0.05, 0.1) is 0 Å². The summed E-state index contributed by atoms with van der Waals surface area (Å²) in [5, 5.41) is 2.97. The van der Waals surface area contributed by atoms with Crippen LogP contribution in [0.25, 0.3) is 0 Å². The first-order valence-electron chi connectivity index (χ1n) is 11.4. The van der Waals surface area contributed by atoms with Crippen LogP contribution in [0.15, 0.2) is 53.0 Å². The third-order valence-corrected chi connectivity index (χ3v) is 6.03. The Kier molecular flexibility index (Phi) is 9.50. The summed E-state index contributed by atoms with van der Waals surface area (Å²) >= 11 is 3.49. The van der Waals surface area contributed by atoms with Gasteiger partial charge >= 0.3 is 0 Å². The van der Waals surface area contributed by atoms with E-state index < -0.39 is 6.04 Å². The standard InChI is InChI=1S/C27H37BrN2O2/c1-19(2)17-29-26(32)20(3)30(18-22-8-7-9-24(28)16-22)25(31)15-12-21-10-13-23(14-11-21)27(4,5)6/h7-11,13-14,16,19-20H,12,15,17-18H2,1-6H3,(H,29,32)/t20-/m0/s1. The molecule has 2 aromatic rings. The van der Waals surface area contributed by atoms with Crippen LogP contribution in [-0.2, 0) is 28.0 Å². The fourth-order valence-corrected chi connectivity index (χ4v) is 3.88. The third-order valence-electron chi connectivity index (χ3n) is 5.54. The molecule has 1 N–H and O–H groups in total. The molecule has 2 aromatic carbocycles. The molecule has 2 amide bonds. The number of amides is 2. The Hall–Kier alpha value is -2.14. The maximum Gasteiger partial charge on any atom is 0.242 e. The molecular weight excluding hydrogens is 464 g/mol. The van der Waals surface area contributed by atoms with Gasteiger partial charge in [0.15, 0.2) is 0 Å². The zero-order valence-corrected chi connectivity index (χ0v) is 21.8. The molecule has 2 rings (SSSR count). The number of carbonyl (C=O) groups is 2. The fourth-order valence-electron chi connectivity index (χ4n) is 3.43. The zero-order valence-electron chi connectivity index (χ0n) is 20.2. The molecule has 0 radical (unpaired) electrons. The quantitative estimate of drug-likeness (QED) is 0.467. The highest BCUT2D eigenvalue weighted by Gasteiger charge is 2.26. The van der Waals surface area contributed by atoms with E-state index in [9.17, 15) is 9.59 Å². The van der Waals surface area contributed by atoms with Crippen molar-refractivity contribution in [1.29, 1.82) is 0 Å². The van der Waals surface area contributed by atoms with E-state index in [0.29, 0.717) is 31.8 Å². The number of halogens is 1. The number of carbonyl (C=O) groups excluding carboxylic acids is 2. The fraction of sp³-hybridized carbons (Fsp3) is 0.481. The summed E-state index contributed by atoms with van der Waals surface area (Å²) < 4.78 is 0.957. The van der Waals surface area contributed by atoms with Gasteiger partial charge in [0.1, 0.15) is 6.04 Å². The van der Waals surface area contributed by atoms with Crippen LogP contribution in [-0.4, -0.2) is 29.3 Å². The lowest BCUT2D eigenvalue weighted by Gasteiger charge is -2.29. The average Bonchev–Trinajstić information content (AvgIpc) is 2.73. The molecule has 0 bridgehead atoms. The van der Waals surface area contributed by atoms with Crippen molar-refractivity contribution in [2.45, 2.75) is 72.4 Å². The van der Waals surface area contributed by atoms with E-state index in [2.05, 4.69) is 80.1 Å². The smallest absolute Gasteiger partial charge is 0.242 e. The average molecular weight is 502 g/mol. The van der Waals surface area contributed by atoms with E-state index in [-0.39, 0.29) is 17.2 Å². The van der Waals surface area contributed by atoms with Gasteiger partial charge in [0.2, 0.25) is 11.8 Å². The molecule has 1 atom stereocenters. The number of rotatable bonds is 9. The number of hydrogen-bond acceptors (Lipinski definition) is 2. The minimum atomic E-state index is -0.538. The molecule has 0 aromatic heterocycles.